The van der Waals surface area contributed by atoms with Gasteiger partial charge < -0.3 is 5.32 Å². The topological polar surface area (TPSA) is 66.5 Å². The fourth-order valence-corrected chi connectivity index (χ4v) is 3.81. The molecular weight excluding hydrogens is 343 g/mol. The molecule has 0 spiro atoms. The molecule has 0 heterocycles. The van der Waals surface area contributed by atoms with E-state index in [0.29, 0.717) is 0 Å². The molecule has 5 nitrogen and oxygen atoms in total. The third kappa shape index (κ3) is 4.17. The second kappa shape index (κ2) is 6.84. The average molecular weight is 362 g/mol. The van der Waals surface area contributed by atoms with Gasteiger partial charge in [-0.2, -0.15) is 0 Å². The van der Waals surface area contributed by atoms with Crippen molar-refractivity contribution in [3.05, 3.63) is 59.9 Å². The number of sulfonamides is 1. The van der Waals surface area contributed by atoms with Gasteiger partial charge in [-0.25, -0.2) is 12.8 Å². The van der Waals surface area contributed by atoms with Crippen molar-refractivity contribution in [1.82, 2.24) is 5.32 Å². The number of hydrogen-bond donors (Lipinski definition) is 1. The third-order valence-electron chi connectivity index (χ3n) is 3.95. The highest BCUT2D eigenvalue weighted by Crippen LogP contribution is 2.25. The van der Waals surface area contributed by atoms with Crippen LogP contribution in [0.15, 0.2) is 53.4 Å². The standard InChI is InChI=1S/C18H19FN2O3S/c1-13-2-10-17(11-3-13)25(23,24)21(12-18(22)20-15-6-7-15)16-8-4-14(19)5-9-16/h2-5,8-11,15H,6-7,12H2,1H3,(H,20,22). The first-order valence-electron chi connectivity index (χ1n) is 8.00. The Hall–Kier alpha value is -2.41. The Bertz CT molecular complexity index is 860. The van der Waals surface area contributed by atoms with Gasteiger partial charge in [0.25, 0.3) is 10.0 Å². The van der Waals surface area contributed by atoms with Crippen LogP contribution >= 0.6 is 0 Å². The van der Waals surface area contributed by atoms with Crippen LogP contribution in [-0.2, 0) is 14.8 Å². The Labute approximate surface area is 146 Å². The molecule has 0 radical (unpaired) electrons. The maximum absolute atomic E-state index is 13.2. The Morgan fingerprint density at radius 1 is 1.12 bits per heavy atom. The highest BCUT2D eigenvalue weighted by atomic mass is 32.2. The van der Waals surface area contributed by atoms with Crippen molar-refractivity contribution >= 4 is 21.6 Å². The second-order valence-corrected chi connectivity index (χ2v) is 8.01. The first-order valence-corrected chi connectivity index (χ1v) is 9.44. The van der Waals surface area contributed by atoms with Gasteiger partial charge in [-0.15, -0.1) is 0 Å². The van der Waals surface area contributed by atoms with E-state index in [1.807, 2.05) is 6.92 Å². The summed E-state index contributed by atoms with van der Waals surface area (Å²) in [5, 5.41) is 2.78. The Balaban J connectivity index is 1.94. The van der Waals surface area contributed by atoms with E-state index < -0.39 is 15.8 Å². The molecule has 0 bridgehead atoms. The number of anilines is 1. The number of rotatable bonds is 6. The minimum Gasteiger partial charge on any atom is -0.352 e. The molecule has 1 N–H and O–H groups in total. The smallest absolute Gasteiger partial charge is 0.264 e. The van der Waals surface area contributed by atoms with Gasteiger partial charge in [0, 0.05) is 6.04 Å². The van der Waals surface area contributed by atoms with Crippen molar-refractivity contribution in [3.8, 4) is 0 Å². The van der Waals surface area contributed by atoms with Gasteiger partial charge in [-0.3, -0.25) is 9.10 Å². The zero-order valence-electron chi connectivity index (χ0n) is 13.8. The molecule has 0 aliphatic heterocycles. The van der Waals surface area contributed by atoms with Crippen LogP contribution in [0.4, 0.5) is 10.1 Å². The Kier molecular flexibility index (Phi) is 4.76. The van der Waals surface area contributed by atoms with Crippen LogP contribution in [0, 0.1) is 12.7 Å². The quantitative estimate of drug-likeness (QED) is 0.859. The van der Waals surface area contributed by atoms with Crippen LogP contribution in [0.2, 0.25) is 0 Å². The van der Waals surface area contributed by atoms with E-state index in [4.69, 9.17) is 0 Å². The number of hydrogen-bond acceptors (Lipinski definition) is 3. The van der Waals surface area contributed by atoms with E-state index in [0.717, 1.165) is 22.7 Å². The van der Waals surface area contributed by atoms with Gasteiger partial charge in [-0.05, 0) is 56.2 Å². The molecule has 25 heavy (non-hydrogen) atoms. The van der Waals surface area contributed by atoms with Gasteiger partial charge in [0.1, 0.15) is 12.4 Å². The van der Waals surface area contributed by atoms with Crippen molar-refractivity contribution in [2.45, 2.75) is 30.7 Å². The van der Waals surface area contributed by atoms with Crippen molar-refractivity contribution in [2.24, 2.45) is 0 Å². The minimum atomic E-state index is -3.94. The highest BCUT2D eigenvalue weighted by Gasteiger charge is 2.29. The number of halogens is 1. The number of carbonyl (C=O) groups is 1. The lowest BCUT2D eigenvalue weighted by Crippen LogP contribution is -2.41. The minimum absolute atomic E-state index is 0.0849. The number of amides is 1. The molecule has 1 saturated carbocycles. The lowest BCUT2D eigenvalue weighted by atomic mass is 10.2. The summed E-state index contributed by atoms with van der Waals surface area (Å²) in [5.74, 6) is -0.846. The van der Waals surface area contributed by atoms with Gasteiger partial charge in [0.15, 0.2) is 0 Å². The lowest BCUT2D eigenvalue weighted by Gasteiger charge is -2.24. The van der Waals surface area contributed by atoms with Gasteiger partial charge in [0.2, 0.25) is 5.91 Å². The molecule has 0 unspecified atom stereocenters. The molecule has 0 atom stereocenters. The molecule has 2 aromatic carbocycles. The van der Waals surface area contributed by atoms with E-state index in [2.05, 4.69) is 5.32 Å². The number of nitrogens with zero attached hydrogens (tertiary/aromatic N) is 1. The summed E-state index contributed by atoms with van der Waals surface area (Å²) in [6, 6.07) is 11.6. The van der Waals surface area contributed by atoms with E-state index in [1.54, 1.807) is 12.1 Å². The van der Waals surface area contributed by atoms with Crippen LogP contribution in [0.5, 0.6) is 0 Å². The summed E-state index contributed by atoms with van der Waals surface area (Å²) in [5.41, 5.74) is 1.17. The molecule has 132 valence electrons. The zero-order chi connectivity index (χ0) is 18.0. The van der Waals surface area contributed by atoms with Crippen LogP contribution in [0.3, 0.4) is 0 Å². The number of nitrogens with one attached hydrogen (secondary N) is 1. The molecule has 2 aromatic rings. The molecule has 1 fully saturated rings. The van der Waals surface area contributed by atoms with Crippen molar-refractivity contribution < 1.29 is 17.6 Å². The summed E-state index contributed by atoms with van der Waals surface area (Å²) >= 11 is 0. The average Bonchev–Trinajstić information content (AvgIpc) is 3.38. The maximum Gasteiger partial charge on any atom is 0.264 e. The van der Waals surface area contributed by atoms with Gasteiger partial charge >= 0.3 is 0 Å². The predicted molar refractivity (Wildman–Crippen MR) is 93.3 cm³/mol. The van der Waals surface area contributed by atoms with E-state index in [9.17, 15) is 17.6 Å². The summed E-state index contributed by atoms with van der Waals surface area (Å²) in [7, 11) is -3.94. The van der Waals surface area contributed by atoms with E-state index in [1.165, 1.54) is 36.4 Å². The predicted octanol–water partition coefficient (Wildman–Crippen LogP) is 2.61. The van der Waals surface area contributed by atoms with Crippen molar-refractivity contribution in [2.75, 3.05) is 10.8 Å². The van der Waals surface area contributed by atoms with Gasteiger partial charge in [-0.1, -0.05) is 17.7 Å². The van der Waals surface area contributed by atoms with Gasteiger partial charge in [0.05, 0.1) is 10.6 Å². The van der Waals surface area contributed by atoms with Crippen molar-refractivity contribution in [1.29, 1.82) is 0 Å². The van der Waals surface area contributed by atoms with Crippen LogP contribution in [0.25, 0.3) is 0 Å². The first-order chi connectivity index (χ1) is 11.9. The molecular formula is C18H19FN2O3S. The van der Waals surface area contributed by atoms with Crippen LogP contribution in [0.1, 0.15) is 18.4 Å². The maximum atomic E-state index is 13.2. The zero-order valence-corrected chi connectivity index (χ0v) is 14.6. The monoisotopic (exact) mass is 362 g/mol. The Morgan fingerprint density at radius 3 is 2.28 bits per heavy atom. The fourth-order valence-electron chi connectivity index (χ4n) is 2.39. The normalized spacial score (nSPS) is 14.2. The first kappa shape index (κ1) is 17.4. The summed E-state index contributed by atoms with van der Waals surface area (Å²) < 4.78 is 40.3. The second-order valence-electron chi connectivity index (χ2n) is 6.14. The van der Waals surface area contributed by atoms with Crippen LogP contribution in [-0.4, -0.2) is 26.9 Å². The molecule has 1 aliphatic rings. The SMILES string of the molecule is Cc1ccc(S(=O)(=O)N(CC(=O)NC2CC2)c2ccc(F)cc2)cc1. The van der Waals surface area contributed by atoms with Crippen molar-refractivity contribution in [3.63, 3.8) is 0 Å². The number of carbonyl (C=O) groups excluding carboxylic acids is 1. The highest BCUT2D eigenvalue weighted by molar-refractivity contribution is 7.92. The molecule has 0 aromatic heterocycles. The van der Waals surface area contributed by atoms with Crippen LogP contribution < -0.4 is 9.62 Å². The summed E-state index contributed by atoms with van der Waals surface area (Å²) in [6.45, 7) is 1.51. The van der Waals surface area contributed by atoms with E-state index >= 15 is 0 Å². The lowest BCUT2D eigenvalue weighted by molar-refractivity contribution is -0.119. The number of benzene rings is 2. The largest absolute Gasteiger partial charge is 0.352 e. The van der Waals surface area contributed by atoms with E-state index in [-0.39, 0.29) is 29.1 Å². The fraction of sp³-hybridized carbons (Fsp3) is 0.278. The molecule has 7 heteroatoms. The summed E-state index contributed by atoms with van der Waals surface area (Å²) in [6.07, 6.45) is 1.82. The number of aryl methyl sites for hydroxylation is 1. The summed E-state index contributed by atoms with van der Waals surface area (Å²) in [4.78, 5) is 12.3. The third-order valence-corrected chi connectivity index (χ3v) is 5.74. The molecule has 3 rings (SSSR count). The molecule has 1 amide bonds. The molecule has 0 saturated heterocycles. The Morgan fingerprint density at radius 2 is 1.72 bits per heavy atom. The molecule has 1 aliphatic carbocycles.